The molecule has 0 aromatic heterocycles. The molecule has 0 radical (unpaired) electrons. The van der Waals surface area contributed by atoms with E-state index in [1.807, 2.05) is 24.3 Å². The average molecular weight is 679 g/mol. The molecule has 0 saturated carbocycles. The van der Waals surface area contributed by atoms with E-state index >= 15 is 0 Å². The summed E-state index contributed by atoms with van der Waals surface area (Å²) in [5.41, 5.74) is 2.90. The van der Waals surface area contributed by atoms with E-state index in [1.165, 1.54) is 38.5 Å². The van der Waals surface area contributed by atoms with Crippen molar-refractivity contribution in [3.05, 3.63) is 70.8 Å². The quantitative estimate of drug-likeness (QED) is 0.0395. The molecule has 0 aliphatic carbocycles. The van der Waals surface area contributed by atoms with Gasteiger partial charge in [0.15, 0.2) is 0 Å². The van der Waals surface area contributed by atoms with Crippen molar-refractivity contribution in [3.8, 4) is 17.6 Å². The predicted molar refractivity (Wildman–Crippen MR) is 186 cm³/mol. The van der Waals surface area contributed by atoms with Crippen molar-refractivity contribution in [3.63, 3.8) is 0 Å². The highest BCUT2D eigenvalue weighted by Crippen LogP contribution is 2.46. The number of azo groups is 2. The van der Waals surface area contributed by atoms with Gasteiger partial charge in [0.25, 0.3) is 14.2 Å². The Labute approximate surface area is 283 Å². The number of nitriles is 1. The Morgan fingerprint density at radius 1 is 0.833 bits per heavy atom. The number of nitro groups is 1. The van der Waals surface area contributed by atoms with Crippen LogP contribution in [0.15, 0.2) is 81.1 Å². The maximum atomic E-state index is 10.9. The highest BCUT2D eigenvalue weighted by atomic mass is 31.2. The van der Waals surface area contributed by atoms with Gasteiger partial charge in [-0.3, -0.25) is 10.1 Å². The molecule has 15 heteroatoms. The lowest BCUT2D eigenvalue weighted by atomic mass is 10.2. The summed E-state index contributed by atoms with van der Waals surface area (Å²) >= 11 is 0. The summed E-state index contributed by atoms with van der Waals surface area (Å²) in [6.45, 7) is 12.8. The van der Waals surface area contributed by atoms with Crippen LogP contribution in [0, 0.1) is 21.4 Å². The third-order valence-electron chi connectivity index (χ3n) is 6.91. The van der Waals surface area contributed by atoms with E-state index < -0.39 is 13.4 Å². The zero-order valence-electron chi connectivity index (χ0n) is 28.4. The summed E-state index contributed by atoms with van der Waals surface area (Å²) in [6, 6.07) is 19.4. The second-order valence-electron chi connectivity index (χ2n) is 10.8. The molecule has 3 rings (SSSR count). The van der Waals surface area contributed by atoms with Crippen LogP contribution in [0.2, 0.25) is 0 Å². The largest absolute Gasteiger partial charge is 0.494 e. The van der Waals surface area contributed by atoms with Gasteiger partial charge in [-0.25, -0.2) is 4.67 Å². The van der Waals surface area contributed by atoms with Gasteiger partial charge in [-0.2, -0.15) is 15.5 Å². The number of nitro benzene ring substituents is 1. The highest BCUT2D eigenvalue weighted by Gasteiger charge is 2.27. The maximum absolute atomic E-state index is 10.9. The molecule has 3 aromatic rings. The van der Waals surface area contributed by atoms with Crippen LogP contribution in [0.5, 0.6) is 11.5 Å². The lowest BCUT2D eigenvalue weighted by Crippen LogP contribution is -2.34. The van der Waals surface area contributed by atoms with Crippen LogP contribution in [-0.2, 0) is 9.05 Å². The predicted octanol–water partition coefficient (Wildman–Crippen LogP) is 9.56. The van der Waals surface area contributed by atoms with Gasteiger partial charge >= 0.3 is 0 Å². The first-order chi connectivity index (χ1) is 23.1. The molecular weight excluding hydrogens is 635 g/mol. The fourth-order valence-electron chi connectivity index (χ4n) is 4.63. The molecule has 0 bridgehead atoms. The van der Waals surface area contributed by atoms with Gasteiger partial charge in [0.05, 0.1) is 56.2 Å². The molecule has 48 heavy (non-hydrogen) atoms. The number of hydrogen-bond donors (Lipinski definition) is 0. The second-order valence-corrected chi connectivity index (χ2v) is 12.3. The Bertz CT molecular complexity index is 1550. The standard InChI is InChI=1S/C33H43N8O6P/c1-8-39(19-21-47-48(46-20-9-18-34)40(24(2)3)25(4)5)28-14-10-26(11-15-28)35-37-30-22-33(45-7)31(23-32(30)44-6)38-36-27-12-16-29(17-13-27)41(42)43/h10-17,22-25H,8-9,19-21H2,1-7H3. The first-order valence-corrected chi connectivity index (χ1v) is 16.6. The van der Waals surface area contributed by atoms with Gasteiger partial charge in [0.2, 0.25) is 0 Å². The smallest absolute Gasteiger partial charge is 0.269 e. The Morgan fingerprint density at radius 3 is 1.77 bits per heavy atom. The van der Waals surface area contributed by atoms with E-state index in [9.17, 15) is 10.1 Å². The Morgan fingerprint density at radius 2 is 1.33 bits per heavy atom. The Balaban J connectivity index is 1.69. The number of methoxy groups -OCH3 is 2. The number of hydrogen-bond acceptors (Lipinski definition) is 13. The van der Waals surface area contributed by atoms with Crippen molar-refractivity contribution in [1.82, 2.24) is 4.67 Å². The molecule has 0 fully saturated rings. The molecule has 0 aliphatic heterocycles. The average Bonchev–Trinajstić information content (AvgIpc) is 3.08. The zero-order chi connectivity index (χ0) is 35.1. The fourth-order valence-corrected chi connectivity index (χ4v) is 6.21. The fraction of sp³-hybridized carbons (Fsp3) is 0.424. The molecule has 0 N–H and O–H groups in total. The summed E-state index contributed by atoms with van der Waals surface area (Å²) < 4.78 is 25.5. The van der Waals surface area contributed by atoms with Gasteiger partial charge in [-0.15, -0.1) is 10.2 Å². The van der Waals surface area contributed by atoms with Crippen LogP contribution in [-0.4, -0.2) is 62.2 Å². The normalized spacial score (nSPS) is 12.3. The lowest BCUT2D eigenvalue weighted by Gasteiger charge is -2.36. The van der Waals surface area contributed by atoms with Gasteiger partial charge in [-0.05, 0) is 71.0 Å². The van der Waals surface area contributed by atoms with Crippen LogP contribution in [0.1, 0.15) is 41.0 Å². The minimum absolute atomic E-state index is 0.0325. The molecule has 1 atom stereocenters. The molecule has 3 aromatic carbocycles. The minimum atomic E-state index is -1.30. The molecular formula is C33H43N8O6P. The molecule has 0 spiro atoms. The number of benzene rings is 3. The van der Waals surface area contributed by atoms with Crippen LogP contribution in [0.3, 0.4) is 0 Å². The number of anilines is 1. The number of ether oxygens (including phenoxy) is 2. The molecule has 0 saturated heterocycles. The molecule has 0 amide bonds. The lowest BCUT2D eigenvalue weighted by molar-refractivity contribution is -0.384. The number of likely N-dealkylation sites (N-methyl/N-ethyl adjacent to an activating group) is 1. The van der Waals surface area contributed by atoms with Crippen LogP contribution in [0.25, 0.3) is 0 Å². The van der Waals surface area contributed by atoms with Gasteiger partial charge in [-0.1, -0.05) is 0 Å². The number of rotatable bonds is 19. The monoisotopic (exact) mass is 678 g/mol. The van der Waals surface area contributed by atoms with Gasteiger partial charge in [0, 0.05) is 55.1 Å². The van der Waals surface area contributed by atoms with E-state index in [1.54, 1.807) is 12.1 Å². The molecule has 0 aliphatic rings. The van der Waals surface area contributed by atoms with E-state index in [-0.39, 0.29) is 17.8 Å². The van der Waals surface area contributed by atoms with Crippen LogP contribution >= 0.6 is 8.53 Å². The summed E-state index contributed by atoms with van der Waals surface area (Å²) in [4.78, 5) is 12.6. The first-order valence-electron chi connectivity index (χ1n) is 15.5. The number of nitrogens with zero attached hydrogens (tertiary/aromatic N) is 8. The molecule has 256 valence electrons. The van der Waals surface area contributed by atoms with Crippen molar-refractivity contribution in [1.29, 1.82) is 5.26 Å². The number of non-ortho nitro benzene ring substituents is 1. The van der Waals surface area contributed by atoms with Crippen molar-refractivity contribution in [2.45, 2.75) is 53.1 Å². The summed E-state index contributed by atoms with van der Waals surface area (Å²) in [7, 11) is 1.72. The second kappa shape index (κ2) is 19.3. The summed E-state index contributed by atoms with van der Waals surface area (Å²) in [5.74, 6) is 0.812. The minimum Gasteiger partial charge on any atom is -0.494 e. The van der Waals surface area contributed by atoms with Crippen LogP contribution in [0.4, 0.5) is 34.1 Å². The van der Waals surface area contributed by atoms with Crippen molar-refractivity contribution >= 4 is 42.7 Å². The van der Waals surface area contributed by atoms with Crippen molar-refractivity contribution in [2.75, 3.05) is 45.4 Å². The third kappa shape index (κ3) is 11.0. The van der Waals surface area contributed by atoms with Gasteiger partial charge < -0.3 is 23.4 Å². The maximum Gasteiger partial charge on any atom is 0.269 e. The van der Waals surface area contributed by atoms with Crippen molar-refractivity contribution < 1.29 is 23.4 Å². The van der Waals surface area contributed by atoms with Crippen LogP contribution < -0.4 is 14.4 Å². The third-order valence-corrected chi connectivity index (χ3v) is 9.02. The molecule has 14 nitrogen and oxygen atoms in total. The molecule has 0 heterocycles. The zero-order valence-corrected chi connectivity index (χ0v) is 29.3. The summed E-state index contributed by atoms with van der Waals surface area (Å²) in [5, 5.41) is 37.0. The first kappa shape index (κ1) is 37.9. The Kier molecular flexibility index (Phi) is 15.3. The summed E-state index contributed by atoms with van der Waals surface area (Å²) in [6.07, 6.45) is 0.320. The van der Waals surface area contributed by atoms with Crippen molar-refractivity contribution in [2.24, 2.45) is 20.5 Å². The SMILES string of the molecule is CCN(CCOP(OCCC#N)N(C(C)C)C(C)C)c1ccc(N=Nc2cc(OC)c(N=Nc3ccc([N+](=O)[O-])cc3)cc2OC)cc1. The van der Waals surface area contributed by atoms with E-state index in [0.717, 1.165) is 12.2 Å². The van der Waals surface area contributed by atoms with E-state index in [0.29, 0.717) is 60.4 Å². The van der Waals surface area contributed by atoms with E-state index in [4.69, 9.17) is 23.8 Å². The Hall–Kier alpha value is -4.54. The topological polar surface area (TPSA) is 160 Å². The van der Waals surface area contributed by atoms with E-state index in [2.05, 4.69) is 70.7 Å². The molecule has 1 unspecified atom stereocenters. The van der Waals surface area contributed by atoms with Gasteiger partial charge in [0.1, 0.15) is 22.9 Å². The highest BCUT2D eigenvalue weighted by molar-refractivity contribution is 7.44.